The van der Waals surface area contributed by atoms with Gasteiger partial charge in [-0.3, -0.25) is 4.79 Å². The molecule has 1 saturated carbocycles. The van der Waals surface area contributed by atoms with Gasteiger partial charge in [0.1, 0.15) is 0 Å². The van der Waals surface area contributed by atoms with Gasteiger partial charge in [0.15, 0.2) is 4.34 Å². The molecule has 0 saturated heterocycles. The molecule has 1 aromatic carbocycles. The maximum Gasteiger partial charge on any atom is 0.230 e. The minimum absolute atomic E-state index is 0.0906. The van der Waals surface area contributed by atoms with Gasteiger partial charge in [0.05, 0.1) is 5.75 Å². The Morgan fingerprint density at radius 1 is 1.27 bits per heavy atom. The van der Waals surface area contributed by atoms with Gasteiger partial charge in [-0.2, -0.15) is 0 Å². The molecule has 7 heteroatoms. The lowest BCUT2D eigenvalue weighted by Crippen LogP contribution is -2.41. The normalized spacial score (nSPS) is 20.0. The zero-order chi connectivity index (χ0) is 18.5. The van der Waals surface area contributed by atoms with Crippen LogP contribution in [0.15, 0.2) is 22.5 Å². The maximum absolute atomic E-state index is 12.2. The van der Waals surface area contributed by atoms with Gasteiger partial charge in [0.25, 0.3) is 0 Å². The van der Waals surface area contributed by atoms with Crippen LogP contribution in [0.5, 0.6) is 0 Å². The Labute approximate surface area is 163 Å². The molecule has 1 heterocycles. The van der Waals surface area contributed by atoms with E-state index in [1.54, 1.807) is 0 Å². The molecule has 1 amide bonds. The van der Waals surface area contributed by atoms with Gasteiger partial charge in [-0.1, -0.05) is 60.6 Å². The minimum atomic E-state index is 0.0906. The molecular formula is C19H26N4OS2. The van der Waals surface area contributed by atoms with E-state index in [4.69, 9.17) is 0 Å². The summed E-state index contributed by atoms with van der Waals surface area (Å²) in [6.07, 6.45) is 4.80. The number of carbonyl (C=O) groups excluding carboxylic acids is 1. The Bertz CT molecular complexity index is 762. The molecule has 2 atom stereocenters. The summed E-state index contributed by atoms with van der Waals surface area (Å²) in [5, 5.41) is 15.6. The summed E-state index contributed by atoms with van der Waals surface area (Å²) >= 11 is 2.93. The number of thioether (sulfide) groups is 1. The van der Waals surface area contributed by atoms with E-state index >= 15 is 0 Å². The van der Waals surface area contributed by atoms with E-state index in [9.17, 15) is 4.79 Å². The molecule has 0 radical (unpaired) electrons. The highest BCUT2D eigenvalue weighted by atomic mass is 32.2. The molecule has 1 aliphatic carbocycles. The average molecular weight is 391 g/mol. The molecule has 0 aliphatic heterocycles. The topological polar surface area (TPSA) is 66.9 Å². The largest absolute Gasteiger partial charge is 0.352 e. The Kier molecular flexibility index (Phi) is 6.53. The quantitative estimate of drug-likeness (QED) is 0.701. The monoisotopic (exact) mass is 390 g/mol. The Morgan fingerprint density at radius 2 is 2.08 bits per heavy atom. The van der Waals surface area contributed by atoms with Gasteiger partial charge in [-0.05, 0) is 44.2 Å². The van der Waals surface area contributed by atoms with Crippen molar-refractivity contribution in [3.05, 3.63) is 29.3 Å². The van der Waals surface area contributed by atoms with Crippen LogP contribution >= 0.6 is 23.1 Å². The van der Waals surface area contributed by atoms with Gasteiger partial charge >= 0.3 is 0 Å². The van der Waals surface area contributed by atoms with E-state index in [0.29, 0.717) is 17.7 Å². The third-order valence-corrected chi connectivity index (χ3v) is 6.79. The fourth-order valence-corrected chi connectivity index (χ4v) is 4.87. The number of hydrogen-bond acceptors (Lipinski definition) is 6. The molecule has 2 aromatic rings. The van der Waals surface area contributed by atoms with E-state index in [2.05, 4.69) is 59.8 Å². The molecule has 0 spiro atoms. The SMILES string of the molecule is Cc1ccc(Nc2nnc(SCC(=O)N[C@@H]3CCCC[C@@H]3C)s2)c(C)c1. The van der Waals surface area contributed by atoms with Crippen molar-refractivity contribution < 1.29 is 4.79 Å². The predicted molar refractivity (Wildman–Crippen MR) is 109 cm³/mol. The van der Waals surface area contributed by atoms with Gasteiger partial charge in [0.2, 0.25) is 11.0 Å². The van der Waals surface area contributed by atoms with Crippen molar-refractivity contribution in [3.63, 3.8) is 0 Å². The number of hydrogen-bond donors (Lipinski definition) is 2. The minimum Gasteiger partial charge on any atom is -0.352 e. The van der Waals surface area contributed by atoms with Gasteiger partial charge < -0.3 is 10.6 Å². The fourth-order valence-electron chi connectivity index (χ4n) is 3.29. The third kappa shape index (κ3) is 5.20. The highest BCUT2D eigenvalue weighted by molar-refractivity contribution is 8.01. The summed E-state index contributed by atoms with van der Waals surface area (Å²) in [5.74, 6) is 1.06. The molecule has 5 nitrogen and oxygen atoms in total. The number of amides is 1. The number of anilines is 2. The molecule has 0 unspecified atom stereocenters. The van der Waals surface area contributed by atoms with Crippen molar-refractivity contribution in [2.45, 2.75) is 56.8 Å². The first-order valence-corrected chi connectivity index (χ1v) is 10.9. The lowest BCUT2D eigenvalue weighted by molar-refractivity contribution is -0.119. The van der Waals surface area contributed by atoms with Crippen LogP contribution in [-0.2, 0) is 4.79 Å². The lowest BCUT2D eigenvalue weighted by atomic mass is 9.86. The summed E-state index contributed by atoms with van der Waals surface area (Å²) in [7, 11) is 0. The van der Waals surface area contributed by atoms with E-state index in [-0.39, 0.29) is 5.91 Å². The maximum atomic E-state index is 12.2. The predicted octanol–water partition coefficient (Wildman–Crippen LogP) is 4.69. The highest BCUT2D eigenvalue weighted by Gasteiger charge is 2.22. The number of nitrogens with zero attached hydrogens (tertiary/aromatic N) is 2. The Hall–Kier alpha value is -1.60. The number of aromatic nitrogens is 2. The summed E-state index contributed by atoms with van der Waals surface area (Å²) in [6.45, 7) is 6.38. The lowest BCUT2D eigenvalue weighted by Gasteiger charge is -2.29. The van der Waals surface area contributed by atoms with E-state index < -0.39 is 0 Å². The van der Waals surface area contributed by atoms with Crippen LogP contribution in [-0.4, -0.2) is 27.9 Å². The molecule has 2 N–H and O–H groups in total. The summed E-state index contributed by atoms with van der Waals surface area (Å²) in [4.78, 5) is 12.2. The van der Waals surface area contributed by atoms with Crippen LogP contribution in [0.1, 0.15) is 43.7 Å². The number of benzene rings is 1. The van der Waals surface area contributed by atoms with E-state index in [1.165, 1.54) is 53.5 Å². The number of carbonyl (C=O) groups is 1. The fraction of sp³-hybridized carbons (Fsp3) is 0.526. The standard InChI is InChI=1S/C19H26N4OS2/c1-12-8-9-16(14(3)10-12)21-18-22-23-19(26-18)25-11-17(24)20-15-7-5-4-6-13(15)2/h8-10,13,15H,4-7,11H2,1-3H3,(H,20,24)(H,21,22)/t13-,15+/m0/s1. The van der Waals surface area contributed by atoms with E-state index in [1.807, 2.05) is 0 Å². The molecule has 1 fully saturated rings. The van der Waals surface area contributed by atoms with Crippen molar-refractivity contribution in [1.82, 2.24) is 15.5 Å². The molecule has 3 rings (SSSR count). The first-order valence-electron chi connectivity index (χ1n) is 9.11. The summed E-state index contributed by atoms with van der Waals surface area (Å²) in [5.41, 5.74) is 3.45. The molecule has 1 aromatic heterocycles. The second-order valence-electron chi connectivity index (χ2n) is 7.04. The highest BCUT2D eigenvalue weighted by Crippen LogP contribution is 2.29. The zero-order valence-electron chi connectivity index (χ0n) is 15.5. The van der Waals surface area contributed by atoms with Crippen LogP contribution in [0.3, 0.4) is 0 Å². The van der Waals surface area contributed by atoms with Crippen molar-refractivity contribution in [1.29, 1.82) is 0 Å². The molecular weight excluding hydrogens is 364 g/mol. The van der Waals surface area contributed by atoms with Crippen molar-refractivity contribution in [3.8, 4) is 0 Å². The van der Waals surface area contributed by atoms with Crippen LogP contribution < -0.4 is 10.6 Å². The van der Waals surface area contributed by atoms with Crippen LogP contribution in [0, 0.1) is 19.8 Å². The molecule has 26 heavy (non-hydrogen) atoms. The number of rotatable bonds is 6. The van der Waals surface area contributed by atoms with Gasteiger partial charge in [-0.25, -0.2) is 0 Å². The first kappa shape index (κ1) is 19.2. The number of nitrogens with one attached hydrogen (secondary N) is 2. The van der Waals surface area contributed by atoms with Crippen molar-refractivity contribution >= 4 is 39.8 Å². The van der Waals surface area contributed by atoms with Crippen LogP contribution in [0.25, 0.3) is 0 Å². The van der Waals surface area contributed by atoms with Gasteiger partial charge in [-0.15, -0.1) is 10.2 Å². The summed E-state index contributed by atoms with van der Waals surface area (Å²) < 4.78 is 0.809. The van der Waals surface area contributed by atoms with Crippen LogP contribution in [0.4, 0.5) is 10.8 Å². The summed E-state index contributed by atoms with van der Waals surface area (Å²) in [6, 6.07) is 6.59. The van der Waals surface area contributed by atoms with Gasteiger partial charge in [0, 0.05) is 11.7 Å². The Morgan fingerprint density at radius 3 is 2.85 bits per heavy atom. The smallest absolute Gasteiger partial charge is 0.230 e. The second-order valence-corrected chi connectivity index (χ2v) is 9.24. The third-order valence-electron chi connectivity index (χ3n) is 4.81. The van der Waals surface area contributed by atoms with Crippen molar-refractivity contribution in [2.24, 2.45) is 5.92 Å². The van der Waals surface area contributed by atoms with Crippen molar-refractivity contribution in [2.75, 3.05) is 11.1 Å². The molecule has 0 bridgehead atoms. The van der Waals surface area contributed by atoms with E-state index in [0.717, 1.165) is 21.6 Å². The second kappa shape index (κ2) is 8.86. The van der Waals surface area contributed by atoms with Crippen LogP contribution in [0.2, 0.25) is 0 Å². The Balaban J connectivity index is 1.49. The molecule has 140 valence electrons. The average Bonchev–Trinajstić information content (AvgIpc) is 3.05. The molecule has 1 aliphatic rings. The zero-order valence-corrected chi connectivity index (χ0v) is 17.2. The number of aryl methyl sites for hydroxylation is 2. The first-order chi connectivity index (χ1) is 12.5.